The molecular formula is C20H20F2N4O3. The molecule has 0 saturated carbocycles. The van der Waals surface area contributed by atoms with Crippen molar-refractivity contribution >= 4 is 22.4 Å². The number of nitrogens with two attached hydrogens (primary N) is 1. The number of nitrogen functional groups attached to an aromatic ring is 1. The lowest BCUT2D eigenvalue weighted by Gasteiger charge is -2.39. The van der Waals surface area contributed by atoms with E-state index in [1.54, 1.807) is 25.4 Å². The molecule has 3 heterocycles. The smallest absolute Gasteiger partial charge is 0.177 e. The standard InChI is InChI=1S/C20H20F2N4O3/c1-27-11-8-26(9-11)20-12-5-16(23)24-7-10(12)4-13(25-20)17-18(21)14(28-2)6-15(29-3)19(17)22/h4-7,11H,8-9H2,1-3H3,(H2,23,24). The fourth-order valence-electron chi connectivity index (χ4n) is 3.38. The molecule has 152 valence electrons. The maximum Gasteiger partial charge on any atom is 0.177 e. The van der Waals surface area contributed by atoms with Crippen LogP contribution in [0.2, 0.25) is 0 Å². The number of nitrogens with zero attached hydrogens (tertiary/aromatic N) is 3. The van der Waals surface area contributed by atoms with Gasteiger partial charge in [-0.05, 0) is 12.1 Å². The normalized spacial score (nSPS) is 14.2. The number of fused-ring (bicyclic) bond motifs is 1. The summed E-state index contributed by atoms with van der Waals surface area (Å²) < 4.78 is 45.4. The number of pyridine rings is 2. The average molecular weight is 402 g/mol. The summed E-state index contributed by atoms with van der Waals surface area (Å²) in [7, 11) is 4.24. The zero-order chi connectivity index (χ0) is 20.7. The van der Waals surface area contributed by atoms with Crippen LogP contribution >= 0.6 is 0 Å². The summed E-state index contributed by atoms with van der Waals surface area (Å²) in [5.41, 5.74) is 5.62. The van der Waals surface area contributed by atoms with E-state index in [0.717, 1.165) is 11.5 Å². The summed E-state index contributed by atoms with van der Waals surface area (Å²) in [5.74, 6) is -1.10. The van der Waals surface area contributed by atoms with Gasteiger partial charge in [0.15, 0.2) is 23.1 Å². The van der Waals surface area contributed by atoms with Crippen LogP contribution in [0.3, 0.4) is 0 Å². The zero-order valence-corrected chi connectivity index (χ0v) is 16.2. The third-order valence-corrected chi connectivity index (χ3v) is 5.03. The number of hydrogen-bond donors (Lipinski definition) is 1. The van der Waals surface area contributed by atoms with E-state index in [-0.39, 0.29) is 28.9 Å². The second-order valence-electron chi connectivity index (χ2n) is 6.71. The number of benzene rings is 1. The molecule has 0 radical (unpaired) electrons. The van der Waals surface area contributed by atoms with Gasteiger partial charge in [0.25, 0.3) is 0 Å². The predicted octanol–water partition coefficient (Wildman–Crippen LogP) is 3.01. The molecule has 1 aromatic carbocycles. The van der Waals surface area contributed by atoms with E-state index < -0.39 is 11.6 Å². The van der Waals surface area contributed by atoms with E-state index in [1.807, 2.05) is 4.90 Å². The molecule has 4 rings (SSSR count). The number of ether oxygens (including phenoxy) is 3. The largest absolute Gasteiger partial charge is 0.494 e. The van der Waals surface area contributed by atoms with Gasteiger partial charge in [-0.3, -0.25) is 0 Å². The number of anilines is 2. The van der Waals surface area contributed by atoms with E-state index >= 15 is 8.78 Å². The highest BCUT2D eigenvalue weighted by Crippen LogP contribution is 2.40. The Morgan fingerprint density at radius 1 is 1.03 bits per heavy atom. The average Bonchev–Trinajstić information content (AvgIpc) is 2.68. The first-order valence-corrected chi connectivity index (χ1v) is 8.91. The Labute approximate surface area is 166 Å². The molecule has 1 aliphatic rings. The molecule has 0 spiro atoms. The molecule has 1 saturated heterocycles. The number of aromatic nitrogens is 2. The van der Waals surface area contributed by atoms with Crippen LogP contribution in [-0.4, -0.2) is 50.5 Å². The van der Waals surface area contributed by atoms with Crippen molar-refractivity contribution in [3.05, 3.63) is 36.0 Å². The molecule has 0 bridgehead atoms. The first kappa shape index (κ1) is 19.1. The summed E-state index contributed by atoms with van der Waals surface area (Å²) in [5, 5.41) is 1.40. The molecule has 0 aliphatic carbocycles. The topological polar surface area (TPSA) is 82.7 Å². The Bertz CT molecular complexity index is 1060. The van der Waals surface area contributed by atoms with Gasteiger partial charge in [0, 0.05) is 43.2 Å². The number of rotatable bonds is 5. The van der Waals surface area contributed by atoms with Crippen LogP contribution in [0.15, 0.2) is 24.4 Å². The lowest BCUT2D eigenvalue weighted by atomic mass is 10.0. The molecule has 3 aromatic rings. The Hall–Kier alpha value is -3.20. The molecule has 7 nitrogen and oxygen atoms in total. The second-order valence-corrected chi connectivity index (χ2v) is 6.71. The molecule has 29 heavy (non-hydrogen) atoms. The third-order valence-electron chi connectivity index (χ3n) is 5.03. The molecule has 2 aromatic heterocycles. The molecule has 1 aliphatic heterocycles. The summed E-state index contributed by atoms with van der Waals surface area (Å²) in [6.45, 7) is 1.22. The first-order valence-electron chi connectivity index (χ1n) is 8.91. The lowest BCUT2D eigenvalue weighted by Crippen LogP contribution is -2.52. The Balaban J connectivity index is 1.95. The van der Waals surface area contributed by atoms with Gasteiger partial charge in [0.1, 0.15) is 11.6 Å². The quantitative estimate of drug-likeness (QED) is 0.702. The van der Waals surface area contributed by atoms with Crippen LogP contribution in [-0.2, 0) is 4.74 Å². The highest BCUT2D eigenvalue weighted by atomic mass is 19.1. The van der Waals surface area contributed by atoms with Gasteiger partial charge >= 0.3 is 0 Å². The van der Waals surface area contributed by atoms with Crippen LogP contribution in [0, 0.1) is 11.6 Å². The van der Waals surface area contributed by atoms with Crippen molar-refractivity contribution in [2.45, 2.75) is 6.10 Å². The van der Waals surface area contributed by atoms with Gasteiger partial charge in [-0.2, -0.15) is 0 Å². The van der Waals surface area contributed by atoms with E-state index in [9.17, 15) is 0 Å². The number of methoxy groups -OCH3 is 3. The van der Waals surface area contributed by atoms with Crippen molar-refractivity contribution in [2.24, 2.45) is 0 Å². The van der Waals surface area contributed by atoms with E-state index in [1.165, 1.54) is 14.2 Å². The summed E-state index contributed by atoms with van der Waals surface area (Å²) in [6, 6.07) is 4.43. The molecule has 0 unspecified atom stereocenters. The van der Waals surface area contributed by atoms with E-state index in [0.29, 0.717) is 30.1 Å². The fourth-order valence-corrected chi connectivity index (χ4v) is 3.38. The highest BCUT2D eigenvalue weighted by molar-refractivity contribution is 5.96. The van der Waals surface area contributed by atoms with Gasteiger partial charge in [0.2, 0.25) is 0 Å². The molecule has 0 atom stereocenters. The summed E-state index contributed by atoms with van der Waals surface area (Å²) in [6.07, 6.45) is 1.63. The monoisotopic (exact) mass is 402 g/mol. The van der Waals surface area contributed by atoms with Crippen molar-refractivity contribution < 1.29 is 23.0 Å². The van der Waals surface area contributed by atoms with Crippen LogP contribution in [0.25, 0.3) is 22.0 Å². The van der Waals surface area contributed by atoms with Crippen LogP contribution in [0.4, 0.5) is 20.4 Å². The molecule has 2 N–H and O–H groups in total. The fraction of sp³-hybridized carbons (Fsp3) is 0.300. The predicted molar refractivity (Wildman–Crippen MR) is 105 cm³/mol. The number of hydrogen-bond acceptors (Lipinski definition) is 7. The van der Waals surface area contributed by atoms with Crippen LogP contribution in [0.1, 0.15) is 0 Å². The zero-order valence-electron chi connectivity index (χ0n) is 16.2. The van der Waals surface area contributed by atoms with Gasteiger partial charge in [-0.15, -0.1) is 0 Å². The first-order chi connectivity index (χ1) is 14.0. The minimum Gasteiger partial charge on any atom is -0.494 e. The lowest BCUT2D eigenvalue weighted by molar-refractivity contribution is 0.0785. The van der Waals surface area contributed by atoms with E-state index in [2.05, 4.69) is 9.97 Å². The van der Waals surface area contributed by atoms with Crippen molar-refractivity contribution in [1.29, 1.82) is 0 Å². The van der Waals surface area contributed by atoms with E-state index in [4.69, 9.17) is 19.9 Å². The van der Waals surface area contributed by atoms with Gasteiger partial charge in [0.05, 0.1) is 31.6 Å². The maximum absolute atomic E-state index is 15.0. The van der Waals surface area contributed by atoms with Gasteiger partial charge in [-0.25, -0.2) is 18.7 Å². The molecule has 9 heteroatoms. The van der Waals surface area contributed by atoms with Crippen molar-refractivity contribution in [3.63, 3.8) is 0 Å². The Kier molecular flexibility index (Phi) is 4.83. The summed E-state index contributed by atoms with van der Waals surface area (Å²) in [4.78, 5) is 10.6. The minimum absolute atomic E-state index is 0.0695. The second kappa shape index (κ2) is 7.32. The summed E-state index contributed by atoms with van der Waals surface area (Å²) >= 11 is 0. The van der Waals surface area contributed by atoms with Crippen LogP contribution in [0.5, 0.6) is 11.5 Å². The molecular weight excluding hydrogens is 382 g/mol. The van der Waals surface area contributed by atoms with Crippen molar-refractivity contribution in [1.82, 2.24) is 9.97 Å². The van der Waals surface area contributed by atoms with Crippen LogP contribution < -0.4 is 20.1 Å². The SMILES string of the molecule is COc1cc(OC)c(F)c(-c2cc3cnc(N)cc3c(N3CC(OC)C3)n2)c1F. The minimum atomic E-state index is -0.856. The van der Waals surface area contributed by atoms with Gasteiger partial charge in [-0.1, -0.05) is 0 Å². The molecule has 1 fully saturated rings. The van der Waals surface area contributed by atoms with Crippen molar-refractivity contribution in [3.8, 4) is 22.8 Å². The maximum atomic E-state index is 15.0. The van der Waals surface area contributed by atoms with Crippen molar-refractivity contribution in [2.75, 3.05) is 45.1 Å². The molecule has 0 amide bonds. The Morgan fingerprint density at radius 3 is 2.28 bits per heavy atom. The highest BCUT2D eigenvalue weighted by Gasteiger charge is 2.30. The third kappa shape index (κ3) is 3.17. The number of halogens is 2. The van der Waals surface area contributed by atoms with Gasteiger partial charge < -0.3 is 24.8 Å². The Morgan fingerprint density at radius 2 is 1.69 bits per heavy atom.